The predicted octanol–water partition coefficient (Wildman–Crippen LogP) is 4.52. The number of fused-ring (bicyclic) bond motifs is 1. The number of alkyl halides is 3. The highest BCUT2D eigenvalue weighted by atomic mass is 32.2. The number of hydrogen-bond donors (Lipinski definition) is 0. The molecular weight excluding hydrogens is 477 g/mol. The van der Waals surface area contributed by atoms with E-state index in [-0.39, 0.29) is 23.1 Å². The third-order valence-corrected chi connectivity index (χ3v) is 8.83. The first-order valence-corrected chi connectivity index (χ1v) is 13.1. The first kappa shape index (κ1) is 25.8. The molecule has 0 saturated carbocycles. The van der Waals surface area contributed by atoms with Crippen LogP contribution in [0.1, 0.15) is 24.0 Å². The lowest BCUT2D eigenvalue weighted by Crippen LogP contribution is -2.34. The Balaban J connectivity index is 0.000000331. The van der Waals surface area contributed by atoms with Gasteiger partial charge in [-0.25, -0.2) is 8.42 Å². The monoisotopic (exact) mass is 502 g/mol. The Hall–Kier alpha value is -1.85. The highest BCUT2D eigenvalue weighted by Crippen LogP contribution is 2.42. The average Bonchev–Trinajstić information content (AvgIpc) is 3.30. The van der Waals surface area contributed by atoms with Gasteiger partial charge in [0.05, 0.1) is 13.2 Å². The zero-order chi connectivity index (χ0) is 24.1. The SMILES string of the molecule is C=C1CC[C@@H]2[C@@H](OCc3ccccc3)[C@H](OCc3ccccc3)C[S+]12.O=S(=O)([O-])C(F)(F)F. The Labute approximate surface area is 194 Å². The van der Waals surface area contributed by atoms with Crippen molar-refractivity contribution in [2.45, 2.75) is 49.0 Å². The van der Waals surface area contributed by atoms with Crippen LogP contribution in [-0.4, -0.2) is 41.7 Å². The first-order valence-electron chi connectivity index (χ1n) is 10.3. The summed E-state index contributed by atoms with van der Waals surface area (Å²) in [5, 5.41) is 0.594. The fraction of sp³-hybridized carbons (Fsp3) is 0.391. The standard InChI is InChI=1S/C22H25O2S.CHF3O3S/c1-17-12-13-21-22(24-15-19-10-6-3-7-11-19)20(16-25(17)21)23-14-18-8-4-2-5-9-18;2-1(3,4)8(5,6)7/h2-11,20-22H,1,12-16H2;(H,5,6,7)/q+1;/p-1/t20-,21-,22+,25?;/m1./s1. The van der Waals surface area contributed by atoms with Gasteiger partial charge in [-0.15, -0.1) is 0 Å². The van der Waals surface area contributed by atoms with Crippen LogP contribution >= 0.6 is 0 Å². The van der Waals surface area contributed by atoms with Crippen LogP contribution in [0.15, 0.2) is 72.1 Å². The van der Waals surface area contributed by atoms with Gasteiger partial charge in [0.15, 0.2) is 15.4 Å². The summed E-state index contributed by atoms with van der Waals surface area (Å²) >= 11 is 0. The Morgan fingerprint density at radius 1 is 0.970 bits per heavy atom. The Morgan fingerprint density at radius 3 is 1.94 bits per heavy atom. The number of benzene rings is 2. The molecule has 0 aliphatic carbocycles. The maximum atomic E-state index is 10.7. The van der Waals surface area contributed by atoms with Crippen LogP contribution in [0.2, 0.25) is 0 Å². The number of rotatable bonds is 6. The number of ether oxygens (including phenoxy) is 2. The molecule has 2 aromatic rings. The molecule has 2 heterocycles. The van der Waals surface area contributed by atoms with Crippen LogP contribution in [0.3, 0.4) is 0 Å². The van der Waals surface area contributed by atoms with Crippen molar-refractivity contribution >= 4 is 21.0 Å². The van der Waals surface area contributed by atoms with Crippen molar-refractivity contribution in [2.24, 2.45) is 0 Å². The molecule has 2 saturated heterocycles. The van der Waals surface area contributed by atoms with E-state index in [0.29, 0.717) is 18.5 Å². The second-order valence-electron chi connectivity index (χ2n) is 7.71. The molecule has 2 fully saturated rings. The predicted molar refractivity (Wildman–Crippen MR) is 120 cm³/mol. The summed E-state index contributed by atoms with van der Waals surface area (Å²) < 4.78 is 71.6. The van der Waals surface area contributed by atoms with E-state index in [1.54, 1.807) is 0 Å². The largest absolute Gasteiger partial charge is 0.741 e. The summed E-state index contributed by atoms with van der Waals surface area (Å²) in [5.74, 6) is 1.08. The van der Waals surface area contributed by atoms with Crippen LogP contribution in [-0.2, 0) is 43.7 Å². The van der Waals surface area contributed by atoms with Gasteiger partial charge in [-0.2, -0.15) is 13.2 Å². The fourth-order valence-corrected chi connectivity index (χ4v) is 6.68. The van der Waals surface area contributed by atoms with Gasteiger partial charge in [0.25, 0.3) is 0 Å². The van der Waals surface area contributed by atoms with Crippen LogP contribution in [0, 0.1) is 0 Å². The maximum absolute atomic E-state index is 10.7. The van der Waals surface area contributed by atoms with Crippen LogP contribution in [0.4, 0.5) is 13.2 Å². The number of allylic oxidation sites excluding steroid dienone is 1. The maximum Gasteiger partial charge on any atom is 0.485 e. The molecule has 0 amide bonds. The van der Waals surface area contributed by atoms with Crippen molar-refractivity contribution in [3.05, 3.63) is 83.3 Å². The van der Waals surface area contributed by atoms with Crippen molar-refractivity contribution in [3.8, 4) is 0 Å². The van der Waals surface area contributed by atoms with Crippen LogP contribution < -0.4 is 0 Å². The molecule has 5 nitrogen and oxygen atoms in total. The van der Waals surface area contributed by atoms with Gasteiger partial charge in [0, 0.05) is 23.7 Å². The van der Waals surface area contributed by atoms with Gasteiger partial charge in [0.1, 0.15) is 22.9 Å². The van der Waals surface area contributed by atoms with Gasteiger partial charge in [-0.1, -0.05) is 60.7 Å². The van der Waals surface area contributed by atoms with Crippen molar-refractivity contribution < 1.29 is 35.6 Å². The van der Waals surface area contributed by atoms with Crippen LogP contribution in [0.5, 0.6) is 0 Å². The normalized spacial score (nSPS) is 24.8. The molecule has 0 bridgehead atoms. The zero-order valence-electron chi connectivity index (χ0n) is 17.7. The lowest BCUT2D eigenvalue weighted by Gasteiger charge is -2.20. The quantitative estimate of drug-likeness (QED) is 0.330. The average molecular weight is 503 g/mol. The molecule has 4 atom stereocenters. The molecule has 0 spiro atoms. The molecule has 2 aliphatic heterocycles. The molecule has 2 aliphatic rings. The molecule has 180 valence electrons. The van der Waals surface area contributed by atoms with Gasteiger partial charge in [-0.05, 0) is 17.7 Å². The molecule has 33 heavy (non-hydrogen) atoms. The second-order valence-corrected chi connectivity index (χ2v) is 11.5. The van der Waals surface area contributed by atoms with Gasteiger partial charge in [-0.3, -0.25) is 0 Å². The van der Waals surface area contributed by atoms with Crippen molar-refractivity contribution in [2.75, 3.05) is 5.75 Å². The second kappa shape index (κ2) is 11.1. The first-order chi connectivity index (χ1) is 15.6. The van der Waals surface area contributed by atoms with Crippen molar-refractivity contribution in [3.63, 3.8) is 0 Å². The van der Waals surface area contributed by atoms with Crippen LogP contribution in [0.25, 0.3) is 0 Å². The lowest BCUT2D eigenvalue weighted by atomic mass is 10.1. The molecule has 2 aromatic carbocycles. The molecule has 4 rings (SSSR count). The summed E-state index contributed by atoms with van der Waals surface area (Å²) in [5.41, 5.74) is -3.19. The van der Waals surface area contributed by atoms with E-state index in [4.69, 9.17) is 22.4 Å². The topological polar surface area (TPSA) is 75.7 Å². The molecule has 1 unspecified atom stereocenters. The minimum atomic E-state index is -6.09. The molecule has 10 heteroatoms. The van der Waals surface area contributed by atoms with E-state index in [1.807, 2.05) is 12.1 Å². The van der Waals surface area contributed by atoms with E-state index in [9.17, 15) is 13.2 Å². The summed E-state index contributed by atoms with van der Waals surface area (Å²) in [4.78, 5) is 1.42. The molecular formula is C23H25F3O5S2. The molecule has 0 radical (unpaired) electrons. The van der Waals surface area contributed by atoms with E-state index < -0.39 is 15.6 Å². The minimum absolute atomic E-state index is 0.175. The summed E-state index contributed by atoms with van der Waals surface area (Å²) in [6.45, 7) is 5.63. The smallest absolute Gasteiger partial charge is 0.485 e. The van der Waals surface area contributed by atoms with Crippen molar-refractivity contribution in [1.82, 2.24) is 0 Å². The Kier molecular flexibility index (Phi) is 8.63. The highest BCUT2D eigenvalue weighted by Gasteiger charge is 2.56. The summed E-state index contributed by atoms with van der Waals surface area (Å²) in [6, 6.07) is 20.9. The Bertz CT molecular complexity index is 1010. The molecule has 0 N–H and O–H groups in total. The summed E-state index contributed by atoms with van der Waals surface area (Å²) in [7, 11) is -5.82. The zero-order valence-corrected chi connectivity index (χ0v) is 19.4. The van der Waals surface area contributed by atoms with Crippen molar-refractivity contribution in [1.29, 1.82) is 0 Å². The summed E-state index contributed by atoms with van der Waals surface area (Å²) in [6.07, 6.45) is 2.72. The number of hydrogen-bond acceptors (Lipinski definition) is 5. The lowest BCUT2D eigenvalue weighted by molar-refractivity contribution is -0.0697. The van der Waals surface area contributed by atoms with Gasteiger partial charge < -0.3 is 14.0 Å². The van der Waals surface area contributed by atoms with E-state index in [2.05, 4.69) is 55.1 Å². The third kappa shape index (κ3) is 7.07. The van der Waals surface area contributed by atoms with E-state index >= 15 is 0 Å². The highest BCUT2D eigenvalue weighted by molar-refractivity contribution is 8.01. The minimum Gasteiger partial charge on any atom is -0.741 e. The van der Waals surface area contributed by atoms with E-state index in [1.165, 1.54) is 22.5 Å². The van der Waals surface area contributed by atoms with E-state index in [0.717, 1.165) is 12.2 Å². The fourth-order valence-electron chi connectivity index (χ4n) is 3.77. The molecule has 0 aromatic heterocycles. The van der Waals surface area contributed by atoms with Gasteiger partial charge in [0.2, 0.25) is 0 Å². The number of halogens is 3. The Morgan fingerprint density at radius 2 is 1.45 bits per heavy atom. The third-order valence-electron chi connectivity index (χ3n) is 5.40. The van der Waals surface area contributed by atoms with Gasteiger partial charge >= 0.3 is 5.51 Å².